The maximum Gasteiger partial charge on any atom is 0.335 e. The number of aryl methyl sites for hydroxylation is 1. The Hall–Kier alpha value is -2.04. The number of aromatic carboxylic acids is 1. The lowest BCUT2D eigenvalue weighted by Crippen LogP contribution is -2.33. The largest absolute Gasteiger partial charge is 0.480 e. The van der Waals surface area contributed by atoms with Crippen molar-refractivity contribution in [2.24, 2.45) is 0 Å². The van der Waals surface area contributed by atoms with Gasteiger partial charge in [0.2, 0.25) is 0 Å². The molecule has 1 unspecified atom stereocenters. The van der Waals surface area contributed by atoms with Gasteiger partial charge in [0.25, 0.3) is 0 Å². The van der Waals surface area contributed by atoms with Gasteiger partial charge in [-0.25, -0.2) is 9.59 Å². The van der Waals surface area contributed by atoms with Gasteiger partial charge in [-0.3, -0.25) is 0 Å². The Morgan fingerprint density at radius 2 is 2.06 bits per heavy atom. The van der Waals surface area contributed by atoms with Crippen LogP contribution in [-0.4, -0.2) is 28.2 Å². The molecule has 84 valence electrons. The first-order chi connectivity index (χ1) is 7.58. The van der Waals surface area contributed by atoms with E-state index in [2.05, 4.69) is 5.32 Å². The topological polar surface area (TPSA) is 86.6 Å². The van der Waals surface area contributed by atoms with Crippen molar-refractivity contribution in [3.05, 3.63) is 29.3 Å². The predicted octanol–water partition coefficient (Wildman–Crippen LogP) is 1.20. The number of aliphatic carboxylic acids is 1. The molecule has 1 aromatic carbocycles. The standard InChI is InChI=1S/C11H11NO4/c13-10(14)7-2-3-8-6(5-7)1-4-9(12-8)11(15)16/h2-3,5,9,12H,1,4H2,(H,13,14)(H,15,16). The Morgan fingerprint density at radius 1 is 1.31 bits per heavy atom. The minimum atomic E-state index is -0.969. The number of carboxylic acid groups (broad SMARTS) is 2. The fourth-order valence-electron chi connectivity index (χ4n) is 1.82. The SMILES string of the molecule is O=C(O)c1ccc2c(c1)CCC(C(=O)O)N2. The number of nitrogens with one attached hydrogen (secondary N) is 1. The molecule has 16 heavy (non-hydrogen) atoms. The summed E-state index contributed by atoms with van der Waals surface area (Å²) in [5.41, 5.74) is 1.80. The monoisotopic (exact) mass is 221 g/mol. The van der Waals surface area contributed by atoms with Crippen LogP contribution in [0.4, 0.5) is 5.69 Å². The number of fused-ring (bicyclic) bond motifs is 1. The minimum absolute atomic E-state index is 0.231. The number of carbonyl (C=O) groups is 2. The molecule has 0 spiro atoms. The first-order valence-electron chi connectivity index (χ1n) is 4.93. The van der Waals surface area contributed by atoms with Crippen molar-refractivity contribution >= 4 is 17.6 Å². The molecule has 0 saturated heterocycles. The molecule has 3 N–H and O–H groups in total. The van der Waals surface area contributed by atoms with Gasteiger partial charge in [-0.05, 0) is 36.6 Å². The average Bonchev–Trinajstić information content (AvgIpc) is 2.27. The molecular formula is C11H11NO4. The van der Waals surface area contributed by atoms with Crippen molar-refractivity contribution in [2.45, 2.75) is 18.9 Å². The number of hydrogen-bond acceptors (Lipinski definition) is 3. The van der Waals surface area contributed by atoms with Crippen LogP contribution >= 0.6 is 0 Å². The molecule has 0 fully saturated rings. The van der Waals surface area contributed by atoms with Gasteiger partial charge in [-0.1, -0.05) is 0 Å². The van der Waals surface area contributed by atoms with Gasteiger partial charge in [0.1, 0.15) is 6.04 Å². The van der Waals surface area contributed by atoms with E-state index in [9.17, 15) is 9.59 Å². The van der Waals surface area contributed by atoms with E-state index in [1.165, 1.54) is 6.07 Å². The second-order valence-corrected chi connectivity index (χ2v) is 3.75. The van der Waals surface area contributed by atoms with E-state index in [0.717, 1.165) is 5.56 Å². The summed E-state index contributed by atoms with van der Waals surface area (Å²) in [6.45, 7) is 0. The molecule has 1 aromatic rings. The fraction of sp³-hybridized carbons (Fsp3) is 0.273. The van der Waals surface area contributed by atoms with Crippen molar-refractivity contribution in [3.63, 3.8) is 0 Å². The second-order valence-electron chi connectivity index (χ2n) is 3.75. The van der Waals surface area contributed by atoms with Gasteiger partial charge in [0.05, 0.1) is 5.56 Å². The summed E-state index contributed by atoms with van der Waals surface area (Å²) in [6.07, 6.45) is 1.06. The molecular weight excluding hydrogens is 210 g/mol. The molecule has 0 radical (unpaired) electrons. The highest BCUT2D eigenvalue weighted by Gasteiger charge is 2.23. The second kappa shape index (κ2) is 3.84. The van der Waals surface area contributed by atoms with Crippen molar-refractivity contribution < 1.29 is 19.8 Å². The van der Waals surface area contributed by atoms with Crippen LogP contribution in [0.15, 0.2) is 18.2 Å². The summed E-state index contributed by atoms with van der Waals surface area (Å²) in [4.78, 5) is 21.5. The van der Waals surface area contributed by atoms with Crippen molar-refractivity contribution in [1.82, 2.24) is 0 Å². The molecule has 1 aliphatic heterocycles. The molecule has 0 aliphatic carbocycles. The van der Waals surface area contributed by atoms with Crippen LogP contribution in [0.2, 0.25) is 0 Å². The van der Waals surface area contributed by atoms with Crippen molar-refractivity contribution in [2.75, 3.05) is 5.32 Å². The van der Waals surface area contributed by atoms with Crippen LogP contribution in [0.5, 0.6) is 0 Å². The Labute approximate surface area is 91.7 Å². The van der Waals surface area contributed by atoms with E-state index in [4.69, 9.17) is 10.2 Å². The lowest BCUT2D eigenvalue weighted by atomic mass is 9.96. The van der Waals surface area contributed by atoms with Gasteiger partial charge < -0.3 is 15.5 Å². The van der Waals surface area contributed by atoms with Crippen LogP contribution < -0.4 is 5.32 Å². The zero-order chi connectivity index (χ0) is 11.7. The third-order valence-electron chi connectivity index (χ3n) is 2.68. The maximum atomic E-state index is 10.8. The highest BCUT2D eigenvalue weighted by Crippen LogP contribution is 2.25. The maximum absolute atomic E-state index is 10.8. The molecule has 1 aliphatic rings. The van der Waals surface area contributed by atoms with Crippen molar-refractivity contribution in [1.29, 1.82) is 0 Å². The van der Waals surface area contributed by atoms with Crippen molar-refractivity contribution in [3.8, 4) is 0 Å². The Bertz CT molecular complexity index is 455. The smallest absolute Gasteiger partial charge is 0.335 e. The summed E-state index contributed by atoms with van der Waals surface area (Å²) in [7, 11) is 0. The van der Waals surface area contributed by atoms with E-state index < -0.39 is 18.0 Å². The van der Waals surface area contributed by atoms with Crippen LogP contribution in [0, 0.1) is 0 Å². The Kier molecular flexibility index (Phi) is 2.52. The van der Waals surface area contributed by atoms with Crippen LogP contribution in [-0.2, 0) is 11.2 Å². The third-order valence-corrected chi connectivity index (χ3v) is 2.68. The van der Waals surface area contributed by atoms with E-state index >= 15 is 0 Å². The van der Waals surface area contributed by atoms with Gasteiger partial charge in [-0.2, -0.15) is 0 Å². The Morgan fingerprint density at radius 3 is 2.69 bits per heavy atom. The average molecular weight is 221 g/mol. The zero-order valence-corrected chi connectivity index (χ0v) is 8.43. The van der Waals surface area contributed by atoms with E-state index in [1.54, 1.807) is 12.1 Å². The number of rotatable bonds is 2. The van der Waals surface area contributed by atoms with Gasteiger partial charge in [-0.15, -0.1) is 0 Å². The van der Waals surface area contributed by atoms with Crippen LogP contribution in [0.25, 0.3) is 0 Å². The minimum Gasteiger partial charge on any atom is -0.480 e. The summed E-state index contributed by atoms with van der Waals surface area (Å²) >= 11 is 0. The number of carboxylic acids is 2. The number of anilines is 1. The molecule has 1 atom stereocenters. The molecule has 0 amide bonds. The van der Waals surface area contributed by atoms with E-state index in [-0.39, 0.29) is 5.56 Å². The van der Waals surface area contributed by atoms with Crippen LogP contribution in [0.1, 0.15) is 22.3 Å². The lowest BCUT2D eigenvalue weighted by Gasteiger charge is -2.24. The summed E-state index contributed by atoms with van der Waals surface area (Å²) in [5, 5.41) is 20.5. The highest BCUT2D eigenvalue weighted by atomic mass is 16.4. The normalized spacial score (nSPS) is 18.4. The molecule has 0 saturated carbocycles. The number of benzene rings is 1. The summed E-state index contributed by atoms with van der Waals surface area (Å²) in [5.74, 6) is -1.85. The third kappa shape index (κ3) is 1.84. The molecule has 5 nitrogen and oxygen atoms in total. The van der Waals surface area contributed by atoms with Gasteiger partial charge in [0, 0.05) is 5.69 Å². The first-order valence-corrected chi connectivity index (χ1v) is 4.93. The predicted molar refractivity (Wildman–Crippen MR) is 56.8 cm³/mol. The quantitative estimate of drug-likeness (QED) is 0.698. The lowest BCUT2D eigenvalue weighted by molar-refractivity contribution is -0.138. The summed E-state index contributed by atoms with van der Waals surface area (Å²) in [6, 6.07) is 4.10. The summed E-state index contributed by atoms with van der Waals surface area (Å²) < 4.78 is 0. The highest BCUT2D eigenvalue weighted by molar-refractivity contribution is 5.89. The first kappa shape index (κ1) is 10.5. The van der Waals surface area contributed by atoms with E-state index in [0.29, 0.717) is 18.5 Å². The van der Waals surface area contributed by atoms with Crippen LogP contribution in [0.3, 0.4) is 0 Å². The fourth-order valence-corrected chi connectivity index (χ4v) is 1.82. The number of hydrogen-bond donors (Lipinski definition) is 3. The van der Waals surface area contributed by atoms with E-state index in [1.807, 2.05) is 0 Å². The zero-order valence-electron chi connectivity index (χ0n) is 8.43. The molecule has 5 heteroatoms. The molecule has 1 heterocycles. The molecule has 0 aromatic heterocycles. The molecule has 0 bridgehead atoms. The molecule has 2 rings (SSSR count). The van der Waals surface area contributed by atoms with Gasteiger partial charge >= 0.3 is 11.9 Å². The van der Waals surface area contributed by atoms with Gasteiger partial charge in [0.15, 0.2) is 0 Å². The Balaban J connectivity index is 2.29.